The number of rotatable bonds is 2. The van der Waals surface area contributed by atoms with Gasteiger partial charge >= 0.3 is 0 Å². The van der Waals surface area contributed by atoms with Gasteiger partial charge in [0.25, 0.3) is 0 Å². The molecule has 0 spiro atoms. The second-order valence-electron chi connectivity index (χ2n) is 5.09. The molecule has 1 aromatic heterocycles. The summed E-state index contributed by atoms with van der Waals surface area (Å²) in [6, 6.07) is 4.54. The average Bonchev–Trinajstić information content (AvgIpc) is 2.82. The molecule has 0 amide bonds. The first-order valence-corrected chi connectivity index (χ1v) is 6.70. The molecule has 3 nitrogen and oxygen atoms in total. The summed E-state index contributed by atoms with van der Waals surface area (Å²) in [6.45, 7) is 1.65. The van der Waals surface area contributed by atoms with Crippen molar-refractivity contribution in [1.82, 2.24) is 9.55 Å². The van der Waals surface area contributed by atoms with Gasteiger partial charge in [-0.05, 0) is 50.8 Å². The van der Waals surface area contributed by atoms with Crippen LogP contribution < -0.4 is 0 Å². The van der Waals surface area contributed by atoms with Crippen LogP contribution >= 0.6 is 0 Å². The minimum Gasteiger partial charge on any atom is -0.389 e. The highest BCUT2D eigenvalue weighted by molar-refractivity contribution is 5.45. The zero-order chi connectivity index (χ0) is 13.4. The van der Waals surface area contributed by atoms with E-state index >= 15 is 0 Å². The van der Waals surface area contributed by atoms with Gasteiger partial charge in [0.2, 0.25) is 0 Å². The number of fused-ring (bicyclic) bond motifs is 1. The highest BCUT2D eigenvalue weighted by atomic mass is 19.1. The topological polar surface area (TPSA) is 38.0 Å². The molecule has 0 radical (unpaired) electrons. The molecule has 1 atom stereocenters. The van der Waals surface area contributed by atoms with Crippen LogP contribution in [0.15, 0.2) is 24.5 Å². The summed E-state index contributed by atoms with van der Waals surface area (Å²) < 4.78 is 15.3. The lowest BCUT2D eigenvalue weighted by molar-refractivity contribution is 0.198. The van der Waals surface area contributed by atoms with Gasteiger partial charge < -0.3 is 9.67 Å². The maximum absolute atomic E-state index is 13.4. The number of aromatic nitrogens is 2. The van der Waals surface area contributed by atoms with Crippen LogP contribution in [0.1, 0.15) is 42.8 Å². The molecule has 0 unspecified atom stereocenters. The first-order valence-electron chi connectivity index (χ1n) is 6.70. The van der Waals surface area contributed by atoms with E-state index in [2.05, 4.69) is 4.98 Å². The summed E-state index contributed by atoms with van der Waals surface area (Å²) in [5.41, 5.74) is 3.75. The third kappa shape index (κ3) is 2.16. The number of imidazole rings is 1. The summed E-state index contributed by atoms with van der Waals surface area (Å²) in [5, 5.41) is 9.83. The van der Waals surface area contributed by atoms with Gasteiger partial charge in [-0.1, -0.05) is 0 Å². The van der Waals surface area contributed by atoms with E-state index in [0.717, 1.165) is 30.6 Å². The Hall–Kier alpha value is -1.68. The monoisotopic (exact) mass is 260 g/mol. The fraction of sp³-hybridized carbons (Fsp3) is 0.400. The Bertz CT molecular complexity index is 604. The van der Waals surface area contributed by atoms with E-state index in [4.69, 9.17) is 0 Å². The standard InChI is InChI=1S/C15H17FN2O/c1-10(19)12-8-11(16)6-7-14(12)18-9-17-13-4-2-3-5-15(13)18/h6-10,19H,2-5H2,1H3/t10-/m1/s1. The third-order valence-corrected chi connectivity index (χ3v) is 3.73. The molecule has 0 saturated heterocycles. The van der Waals surface area contributed by atoms with Gasteiger partial charge in [0.1, 0.15) is 5.82 Å². The van der Waals surface area contributed by atoms with Crippen LogP contribution in [-0.4, -0.2) is 14.7 Å². The molecule has 1 aliphatic carbocycles. The van der Waals surface area contributed by atoms with E-state index in [1.54, 1.807) is 19.3 Å². The van der Waals surface area contributed by atoms with Crippen LogP contribution in [0.2, 0.25) is 0 Å². The van der Waals surface area contributed by atoms with E-state index in [1.165, 1.54) is 24.2 Å². The molecule has 4 heteroatoms. The number of aliphatic hydroxyl groups is 1. The molecule has 1 heterocycles. The van der Waals surface area contributed by atoms with E-state index < -0.39 is 6.10 Å². The molecular weight excluding hydrogens is 243 g/mol. The number of aryl methyl sites for hydroxylation is 1. The molecule has 0 aliphatic heterocycles. The number of benzene rings is 1. The molecule has 3 rings (SSSR count). The average molecular weight is 260 g/mol. The van der Waals surface area contributed by atoms with E-state index in [9.17, 15) is 9.50 Å². The second kappa shape index (κ2) is 4.78. The lowest BCUT2D eigenvalue weighted by Gasteiger charge is -2.18. The smallest absolute Gasteiger partial charge is 0.123 e. The van der Waals surface area contributed by atoms with Gasteiger partial charge in [-0.25, -0.2) is 9.37 Å². The predicted molar refractivity (Wildman–Crippen MR) is 70.8 cm³/mol. The van der Waals surface area contributed by atoms with Gasteiger partial charge in [0, 0.05) is 11.3 Å². The van der Waals surface area contributed by atoms with Gasteiger partial charge in [-0.2, -0.15) is 0 Å². The van der Waals surface area contributed by atoms with Gasteiger partial charge in [-0.15, -0.1) is 0 Å². The Labute approximate surface area is 111 Å². The molecule has 0 saturated carbocycles. The molecule has 2 aromatic rings. The Morgan fingerprint density at radius 2 is 2.11 bits per heavy atom. The second-order valence-corrected chi connectivity index (χ2v) is 5.09. The first-order chi connectivity index (χ1) is 9.16. The van der Waals surface area contributed by atoms with Crippen LogP contribution in [0.4, 0.5) is 4.39 Å². The molecule has 100 valence electrons. The number of halogens is 1. The van der Waals surface area contributed by atoms with Crippen molar-refractivity contribution in [2.75, 3.05) is 0 Å². The lowest BCUT2D eigenvalue weighted by Crippen LogP contribution is -2.09. The van der Waals surface area contributed by atoms with E-state index in [1.807, 2.05) is 4.57 Å². The van der Waals surface area contributed by atoms with Crippen molar-refractivity contribution >= 4 is 0 Å². The van der Waals surface area contributed by atoms with Crippen LogP contribution in [0, 0.1) is 5.82 Å². The highest BCUT2D eigenvalue weighted by Gasteiger charge is 2.19. The quantitative estimate of drug-likeness (QED) is 0.901. The number of hydrogen-bond acceptors (Lipinski definition) is 2. The van der Waals surface area contributed by atoms with Gasteiger partial charge in [-0.3, -0.25) is 0 Å². The Kier molecular flexibility index (Phi) is 3.11. The number of nitrogens with zero attached hydrogens (tertiary/aromatic N) is 2. The summed E-state index contributed by atoms with van der Waals surface area (Å²) in [7, 11) is 0. The lowest BCUT2D eigenvalue weighted by atomic mass is 10.0. The van der Waals surface area contributed by atoms with Crippen LogP contribution in [-0.2, 0) is 12.8 Å². The predicted octanol–water partition coefficient (Wildman–Crippen LogP) is 2.94. The summed E-state index contributed by atoms with van der Waals surface area (Å²) in [6.07, 6.45) is 5.42. The zero-order valence-corrected chi connectivity index (χ0v) is 10.9. The zero-order valence-electron chi connectivity index (χ0n) is 10.9. The largest absolute Gasteiger partial charge is 0.389 e. The van der Waals surface area contributed by atoms with Gasteiger partial charge in [0.05, 0.1) is 23.8 Å². The van der Waals surface area contributed by atoms with Crippen molar-refractivity contribution in [1.29, 1.82) is 0 Å². The van der Waals surface area contributed by atoms with Crippen LogP contribution in [0.25, 0.3) is 5.69 Å². The number of hydrogen-bond donors (Lipinski definition) is 1. The highest BCUT2D eigenvalue weighted by Crippen LogP contribution is 2.28. The molecule has 0 bridgehead atoms. The molecule has 0 fully saturated rings. The summed E-state index contributed by atoms with van der Waals surface area (Å²) >= 11 is 0. The SMILES string of the molecule is C[C@@H](O)c1cc(F)ccc1-n1cnc2c1CCCC2. The molecule has 1 aliphatic rings. The minimum absolute atomic E-state index is 0.325. The van der Waals surface area contributed by atoms with Crippen molar-refractivity contribution < 1.29 is 9.50 Å². The minimum atomic E-state index is -0.702. The molecule has 1 N–H and O–H groups in total. The molecular formula is C15H17FN2O. The Morgan fingerprint density at radius 3 is 2.89 bits per heavy atom. The van der Waals surface area contributed by atoms with Crippen LogP contribution in [0.3, 0.4) is 0 Å². The maximum atomic E-state index is 13.4. The first kappa shape index (κ1) is 12.4. The van der Waals surface area contributed by atoms with Gasteiger partial charge in [0.15, 0.2) is 0 Å². The number of aliphatic hydroxyl groups excluding tert-OH is 1. The Balaban J connectivity index is 2.14. The molecule has 19 heavy (non-hydrogen) atoms. The summed E-state index contributed by atoms with van der Waals surface area (Å²) in [5.74, 6) is -0.325. The van der Waals surface area contributed by atoms with Crippen LogP contribution in [0.5, 0.6) is 0 Å². The third-order valence-electron chi connectivity index (χ3n) is 3.73. The fourth-order valence-corrected chi connectivity index (χ4v) is 2.76. The van der Waals surface area contributed by atoms with E-state index in [0.29, 0.717) is 5.56 Å². The van der Waals surface area contributed by atoms with Crippen molar-refractivity contribution in [2.45, 2.75) is 38.7 Å². The van der Waals surface area contributed by atoms with Crippen molar-refractivity contribution in [2.24, 2.45) is 0 Å². The fourth-order valence-electron chi connectivity index (χ4n) is 2.76. The Morgan fingerprint density at radius 1 is 1.32 bits per heavy atom. The van der Waals surface area contributed by atoms with Crippen molar-refractivity contribution in [3.05, 3.63) is 47.3 Å². The van der Waals surface area contributed by atoms with Crippen molar-refractivity contribution in [3.63, 3.8) is 0 Å². The molecule has 1 aromatic carbocycles. The van der Waals surface area contributed by atoms with Crippen molar-refractivity contribution in [3.8, 4) is 5.69 Å². The normalized spacial score (nSPS) is 16.2. The van der Waals surface area contributed by atoms with E-state index in [-0.39, 0.29) is 5.82 Å². The maximum Gasteiger partial charge on any atom is 0.123 e. The summed E-state index contributed by atoms with van der Waals surface area (Å²) in [4.78, 5) is 4.44.